The molecule has 46 valence electrons. The van der Waals surface area contributed by atoms with Crippen LogP contribution in [0.2, 0.25) is 0 Å². The Kier molecular flexibility index (Phi) is 1.74. The molecule has 4 nitrogen and oxygen atoms in total. The summed E-state index contributed by atoms with van der Waals surface area (Å²) in [5.74, 6) is 0.604. The van der Waals surface area contributed by atoms with E-state index in [2.05, 4.69) is 27.2 Å². The largest absolute Gasteiger partial charge is 0.269 e. The van der Waals surface area contributed by atoms with Crippen LogP contribution in [0.25, 0.3) is 0 Å². The number of nitrogens with zero attached hydrogens (tertiary/aromatic N) is 3. The van der Waals surface area contributed by atoms with Crippen molar-refractivity contribution in [3.8, 4) is 0 Å². The summed E-state index contributed by atoms with van der Waals surface area (Å²) in [7, 11) is 0. The molecule has 0 bridgehead atoms. The maximum atomic E-state index is 3.86. The molecule has 0 aromatic rings. The van der Waals surface area contributed by atoms with E-state index in [1.165, 1.54) is 6.20 Å². The van der Waals surface area contributed by atoms with Crippen LogP contribution in [0.3, 0.4) is 0 Å². The maximum Gasteiger partial charge on any atom is 0.164 e. The lowest BCUT2D eigenvalue weighted by Gasteiger charge is -1.99. The predicted octanol–water partition coefficient (Wildman–Crippen LogP) is 0.146. The number of hydrogen-bond donors (Lipinski definition) is 1. The highest BCUT2D eigenvalue weighted by atomic mass is 15.3. The zero-order valence-corrected chi connectivity index (χ0v) is 4.78. The Hall–Kier alpha value is -1.45. The van der Waals surface area contributed by atoms with Gasteiger partial charge in [-0.05, 0) is 6.72 Å². The Labute approximate surface area is 52.7 Å². The van der Waals surface area contributed by atoms with Gasteiger partial charge in [0.1, 0.15) is 0 Å². The molecular formula is C5H6N4. The van der Waals surface area contributed by atoms with Gasteiger partial charge in [-0.3, -0.25) is 10.4 Å². The molecule has 0 aromatic heterocycles. The Morgan fingerprint density at radius 1 is 1.67 bits per heavy atom. The third-order valence-corrected chi connectivity index (χ3v) is 0.747. The van der Waals surface area contributed by atoms with Gasteiger partial charge >= 0.3 is 0 Å². The van der Waals surface area contributed by atoms with Crippen LogP contribution in [-0.2, 0) is 0 Å². The number of aliphatic imine (C=N–C) groups is 2. The molecule has 1 N–H and O–H groups in total. The summed E-state index contributed by atoms with van der Waals surface area (Å²) in [6, 6.07) is 0. The third-order valence-electron chi connectivity index (χ3n) is 0.747. The number of rotatable bonds is 1. The van der Waals surface area contributed by atoms with Crippen LogP contribution in [0.1, 0.15) is 0 Å². The van der Waals surface area contributed by atoms with Gasteiger partial charge in [-0.15, -0.1) is 0 Å². The molecule has 1 rings (SSSR count). The van der Waals surface area contributed by atoms with E-state index in [0.717, 1.165) is 0 Å². The smallest absolute Gasteiger partial charge is 0.164 e. The summed E-state index contributed by atoms with van der Waals surface area (Å²) in [4.78, 5) is 7.36. The molecule has 1 heterocycles. The van der Waals surface area contributed by atoms with Crippen molar-refractivity contribution in [2.45, 2.75) is 0 Å². The molecule has 0 atom stereocenters. The van der Waals surface area contributed by atoms with Crippen LogP contribution in [0, 0.1) is 0 Å². The zero-order valence-electron chi connectivity index (χ0n) is 4.78. The number of nitrogens with one attached hydrogen (secondary N) is 1. The molecule has 1 aliphatic heterocycles. The second-order valence-corrected chi connectivity index (χ2v) is 1.37. The molecule has 0 spiro atoms. The van der Waals surface area contributed by atoms with Crippen LogP contribution < -0.4 is 5.43 Å². The molecular weight excluding hydrogens is 116 g/mol. The normalized spacial score (nSPS) is 19.8. The van der Waals surface area contributed by atoms with Gasteiger partial charge in [0, 0.05) is 6.21 Å². The van der Waals surface area contributed by atoms with Gasteiger partial charge in [-0.1, -0.05) is 0 Å². The molecule has 9 heavy (non-hydrogen) atoms. The molecule has 0 amide bonds. The highest BCUT2D eigenvalue weighted by molar-refractivity contribution is 6.16. The lowest BCUT2D eigenvalue weighted by Crippen LogP contribution is -2.07. The second-order valence-electron chi connectivity index (χ2n) is 1.37. The van der Waals surface area contributed by atoms with Crippen molar-refractivity contribution in [1.29, 1.82) is 0 Å². The lowest BCUT2D eigenvalue weighted by atomic mass is 10.7. The van der Waals surface area contributed by atoms with E-state index < -0.39 is 0 Å². The first-order valence-electron chi connectivity index (χ1n) is 2.41. The van der Waals surface area contributed by atoms with Gasteiger partial charge in [-0.2, -0.15) is 5.10 Å². The van der Waals surface area contributed by atoms with Crippen LogP contribution in [0.4, 0.5) is 0 Å². The van der Waals surface area contributed by atoms with E-state index in [1.54, 1.807) is 12.4 Å². The lowest BCUT2D eigenvalue weighted by molar-refractivity contribution is 0.867. The summed E-state index contributed by atoms with van der Waals surface area (Å²) in [5.41, 5.74) is 2.62. The van der Waals surface area contributed by atoms with Crippen molar-refractivity contribution in [2.75, 3.05) is 0 Å². The number of hydrogen-bond acceptors (Lipinski definition) is 4. The van der Waals surface area contributed by atoms with Crippen LogP contribution in [-0.4, -0.2) is 19.1 Å². The molecule has 0 aliphatic carbocycles. The Balaban J connectivity index is 2.65. The zero-order chi connectivity index (χ0) is 6.53. The summed E-state index contributed by atoms with van der Waals surface area (Å²) in [6.07, 6.45) is 4.63. The van der Waals surface area contributed by atoms with E-state index in [0.29, 0.717) is 5.82 Å². The monoisotopic (exact) mass is 122 g/mol. The Morgan fingerprint density at radius 2 is 2.56 bits per heavy atom. The van der Waals surface area contributed by atoms with Crippen molar-refractivity contribution in [1.82, 2.24) is 5.43 Å². The molecule has 0 aromatic carbocycles. The molecule has 4 heteroatoms. The fraction of sp³-hybridized carbons (Fsp3) is 0. The third kappa shape index (κ3) is 1.49. The molecule has 0 saturated carbocycles. The second kappa shape index (κ2) is 2.76. The average molecular weight is 122 g/mol. The minimum Gasteiger partial charge on any atom is -0.269 e. The average Bonchev–Trinajstić information content (AvgIpc) is 1.91. The van der Waals surface area contributed by atoms with Crippen molar-refractivity contribution in [2.24, 2.45) is 15.1 Å². The predicted molar refractivity (Wildman–Crippen MR) is 37.8 cm³/mol. The van der Waals surface area contributed by atoms with E-state index >= 15 is 0 Å². The van der Waals surface area contributed by atoms with Crippen molar-refractivity contribution < 1.29 is 0 Å². The van der Waals surface area contributed by atoms with E-state index in [-0.39, 0.29) is 0 Å². The van der Waals surface area contributed by atoms with E-state index in [9.17, 15) is 0 Å². The molecule has 0 unspecified atom stereocenters. The highest BCUT2D eigenvalue weighted by Gasteiger charge is 1.89. The van der Waals surface area contributed by atoms with Gasteiger partial charge in [0.05, 0.1) is 12.4 Å². The van der Waals surface area contributed by atoms with E-state index in [1.807, 2.05) is 0 Å². The van der Waals surface area contributed by atoms with E-state index in [4.69, 9.17) is 0 Å². The molecule has 0 saturated heterocycles. The molecule has 1 aliphatic rings. The van der Waals surface area contributed by atoms with Crippen molar-refractivity contribution in [3.63, 3.8) is 0 Å². The van der Waals surface area contributed by atoms with Crippen LogP contribution in [0.5, 0.6) is 0 Å². The topological polar surface area (TPSA) is 49.1 Å². The van der Waals surface area contributed by atoms with Gasteiger partial charge in [0.15, 0.2) is 5.82 Å². The highest BCUT2D eigenvalue weighted by Crippen LogP contribution is 1.91. The number of hydrazone groups is 1. The first kappa shape index (κ1) is 5.68. The van der Waals surface area contributed by atoms with Gasteiger partial charge in [0.25, 0.3) is 0 Å². The van der Waals surface area contributed by atoms with Gasteiger partial charge < -0.3 is 0 Å². The van der Waals surface area contributed by atoms with Gasteiger partial charge in [0.2, 0.25) is 0 Å². The van der Waals surface area contributed by atoms with Crippen molar-refractivity contribution >= 4 is 19.1 Å². The van der Waals surface area contributed by atoms with Crippen LogP contribution in [0.15, 0.2) is 27.1 Å². The summed E-state index contributed by atoms with van der Waals surface area (Å²) in [5, 5.41) is 3.70. The first-order chi connectivity index (χ1) is 4.43. The Morgan fingerprint density at radius 3 is 3.11 bits per heavy atom. The standard InChI is InChI=1S/C5H6N4/c1-6-4-5-7-2-3-8-9-5/h2-4,9H,1H2/b5-4+. The fourth-order valence-corrected chi connectivity index (χ4v) is 0.428. The summed E-state index contributed by atoms with van der Waals surface area (Å²) >= 11 is 0. The van der Waals surface area contributed by atoms with Crippen molar-refractivity contribution in [3.05, 3.63) is 12.0 Å². The molecule has 0 radical (unpaired) electrons. The minimum atomic E-state index is 0.604. The summed E-state index contributed by atoms with van der Waals surface area (Å²) < 4.78 is 0. The quantitative estimate of drug-likeness (QED) is 0.494. The maximum absolute atomic E-state index is 3.86. The summed E-state index contributed by atoms with van der Waals surface area (Å²) in [6.45, 7) is 3.26. The Bertz CT molecular complexity index is 189. The van der Waals surface area contributed by atoms with Crippen LogP contribution >= 0.6 is 0 Å². The first-order valence-corrected chi connectivity index (χ1v) is 2.41. The molecule has 0 fully saturated rings. The SMILES string of the molecule is C=N/C=C1\N=CC=NN1. The van der Waals surface area contributed by atoms with Gasteiger partial charge in [-0.25, -0.2) is 4.99 Å². The minimum absolute atomic E-state index is 0.604. The fourth-order valence-electron chi connectivity index (χ4n) is 0.428.